The Morgan fingerprint density at radius 2 is 2.00 bits per heavy atom. The second-order valence-electron chi connectivity index (χ2n) is 4.86. The Balaban J connectivity index is 2.21. The van der Waals surface area contributed by atoms with Gasteiger partial charge in [-0.3, -0.25) is 5.32 Å². The summed E-state index contributed by atoms with van der Waals surface area (Å²) in [5.41, 5.74) is -2.21. The predicted octanol–water partition coefficient (Wildman–Crippen LogP) is 2.82. The molecule has 0 unspecified atom stereocenters. The van der Waals surface area contributed by atoms with E-state index in [0.29, 0.717) is 6.42 Å². The number of hydrogen-bond donors (Lipinski definition) is 2. The summed E-state index contributed by atoms with van der Waals surface area (Å²) in [4.78, 5) is 15.7. The molecule has 0 spiro atoms. The quantitative estimate of drug-likeness (QED) is 0.588. The van der Waals surface area contributed by atoms with E-state index in [2.05, 4.69) is 20.4 Å². The van der Waals surface area contributed by atoms with Crippen LogP contribution in [0.15, 0.2) is 41.9 Å². The molecule has 0 amide bonds. The van der Waals surface area contributed by atoms with Gasteiger partial charge in [-0.25, -0.2) is 9.78 Å². The molecule has 1 atom stereocenters. The van der Waals surface area contributed by atoms with Gasteiger partial charge in [0.15, 0.2) is 5.13 Å². The van der Waals surface area contributed by atoms with Crippen molar-refractivity contribution in [2.24, 2.45) is 0 Å². The lowest BCUT2D eigenvalue weighted by molar-refractivity contribution is -0.205. The minimum Gasteiger partial charge on any atom is -0.466 e. The molecule has 2 rings (SSSR count). The van der Waals surface area contributed by atoms with Crippen LogP contribution in [0.1, 0.15) is 5.56 Å². The lowest BCUT2D eigenvalue weighted by Crippen LogP contribution is -2.68. The van der Waals surface area contributed by atoms with Crippen LogP contribution in [-0.2, 0) is 16.0 Å². The number of carbonyl (C=O) groups is 1. The maximum atomic E-state index is 13.7. The molecular formula is C15H16F3N3O2S. The minimum atomic E-state index is -4.93. The first-order chi connectivity index (χ1) is 11.4. The Labute approximate surface area is 140 Å². The molecule has 2 aromatic rings. The molecule has 0 saturated carbocycles. The van der Waals surface area contributed by atoms with Gasteiger partial charge in [0.25, 0.3) is 5.66 Å². The molecule has 1 aromatic carbocycles. The number of ether oxygens (including phenoxy) is 1. The first-order valence-corrected chi connectivity index (χ1v) is 7.89. The van der Waals surface area contributed by atoms with Gasteiger partial charge in [0, 0.05) is 18.1 Å². The van der Waals surface area contributed by atoms with Gasteiger partial charge in [-0.2, -0.15) is 13.2 Å². The van der Waals surface area contributed by atoms with Crippen LogP contribution in [0.3, 0.4) is 0 Å². The van der Waals surface area contributed by atoms with Gasteiger partial charge in [-0.05, 0) is 12.0 Å². The van der Waals surface area contributed by atoms with Crippen molar-refractivity contribution >= 4 is 22.4 Å². The molecule has 9 heteroatoms. The van der Waals surface area contributed by atoms with Crippen LogP contribution in [0.2, 0.25) is 0 Å². The highest BCUT2D eigenvalue weighted by molar-refractivity contribution is 7.13. The maximum Gasteiger partial charge on any atom is 0.436 e. The summed E-state index contributed by atoms with van der Waals surface area (Å²) in [5.74, 6) is -1.47. The molecule has 0 radical (unpaired) electrons. The molecular weight excluding hydrogens is 343 g/mol. The monoisotopic (exact) mass is 359 g/mol. The third kappa shape index (κ3) is 4.04. The zero-order chi connectivity index (χ0) is 17.6. The fraction of sp³-hybridized carbons (Fsp3) is 0.333. The van der Waals surface area contributed by atoms with Crippen LogP contribution < -0.4 is 10.6 Å². The minimum absolute atomic E-state index is 0.0371. The van der Waals surface area contributed by atoms with Crippen LogP contribution >= 0.6 is 11.3 Å². The second kappa shape index (κ2) is 7.63. The SMILES string of the molecule is COC(=O)[C@](NCCc1ccccc1)(Nc1nccs1)C(F)(F)F. The molecule has 0 aliphatic carbocycles. The highest BCUT2D eigenvalue weighted by Crippen LogP contribution is 2.33. The Morgan fingerprint density at radius 1 is 1.29 bits per heavy atom. The first kappa shape index (κ1) is 18.2. The average Bonchev–Trinajstić information content (AvgIpc) is 3.06. The maximum absolute atomic E-state index is 13.7. The molecule has 130 valence electrons. The van der Waals surface area contributed by atoms with Crippen LogP contribution in [-0.4, -0.2) is 36.4 Å². The van der Waals surface area contributed by atoms with Crippen molar-refractivity contribution < 1.29 is 22.7 Å². The number of thiazole rings is 1. The number of anilines is 1. The number of methoxy groups -OCH3 is 1. The van der Waals surface area contributed by atoms with E-state index in [0.717, 1.165) is 24.0 Å². The van der Waals surface area contributed by atoms with Gasteiger partial charge in [0.1, 0.15) is 0 Å². The van der Waals surface area contributed by atoms with E-state index in [1.807, 2.05) is 6.07 Å². The molecule has 1 heterocycles. The Hall–Kier alpha value is -2.13. The number of rotatable bonds is 7. The van der Waals surface area contributed by atoms with Crippen molar-refractivity contribution in [3.63, 3.8) is 0 Å². The number of benzene rings is 1. The Kier molecular flexibility index (Phi) is 5.79. The number of nitrogens with one attached hydrogen (secondary N) is 2. The van der Waals surface area contributed by atoms with Crippen molar-refractivity contribution in [2.45, 2.75) is 18.3 Å². The van der Waals surface area contributed by atoms with E-state index in [1.54, 1.807) is 24.3 Å². The number of alkyl halides is 3. The predicted molar refractivity (Wildman–Crippen MR) is 84.7 cm³/mol. The first-order valence-electron chi connectivity index (χ1n) is 7.01. The van der Waals surface area contributed by atoms with Crippen molar-refractivity contribution in [2.75, 3.05) is 19.0 Å². The highest BCUT2D eigenvalue weighted by atomic mass is 32.1. The third-order valence-corrected chi connectivity index (χ3v) is 3.98. The van der Waals surface area contributed by atoms with Gasteiger partial charge in [0.2, 0.25) is 0 Å². The fourth-order valence-electron chi connectivity index (χ4n) is 2.09. The van der Waals surface area contributed by atoms with Crippen molar-refractivity contribution in [1.82, 2.24) is 10.3 Å². The summed E-state index contributed by atoms with van der Waals surface area (Å²) in [5, 5.41) is 5.88. The second-order valence-corrected chi connectivity index (χ2v) is 5.76. The van der Waals surface area contributed by atoms with Crippen molar-refractivity contribution in [3.05, 3.63) is 47.5 Å². The summed E-state index contributed by atoms with van der Waals surface area (Å²) in [6.45, 7) is -0.0863. The fourth-order valence-corrected chi connectivity index (χ4v) is 2.68. The van der Waals surface area contributed by atoms with E-state index in [9.17, 15) is 18.0 Å². The highest BCUT2D eigenvalue weighted by Gasteiger charge is 2.62. The van der Waals surface area contributed by atoms with E-state index in [1.165, 1.54) is 11.6 Å². The topological polar surface area (TPSA) is 63.2 Å². The molecule has 1 aromatic heterocycles. The molecule has 0 saturated heterocycles. The third-order valence-electron chi connectivity index (χ3n) is 3.29. The summed E-state index contributed by atoms with van der Waals surface area (Å²) in [6, 6.07) is 8.99. The number of esters is 1. The lowest BCUT2D eigenvalue weighted by atomic mass is 10.1. The smallest absolute Gasteiger partial charge is 0.436 e. The normalized spacial score (nSPS) is 14.0. The number of nitrogens with zero attached hydrogens (tertiary/aromatic N) is 1. The largest absolute Gasteiger partial charge is 0.466 e. The summed E-state index contributed by atoms with van der Waals surface area (Å²) in [6.07, 6.45) is -3.27. The van der Waals surface area contributed by atoms with Gasteiger partial charge in [0.05, 0.1) is 7.11 Å². The molecule has 0 bridgehead atoms. The molecule has 0 aliphatic rings. The van der Waals surface area contributed by atoms with Crippen molar-refractivity contribution in [1.29, 1.82) is 0 Å². The van der Waals surface area contributed by atoms with E-state index in [4.69, 9.17) is 0 Å². The summed E-state index contributed by atoms with van der Waals surface area (Å²) < 4.78 is 45.4. The van der Waals surface area contributed by atoms with Crippen LogP contribution in [0.25, 0.3) is 0 Å². The van der Waals surface area contributed by atoms with Crippen LogP contribution in [0.4, 0.5) is 18.3 Å². The average molecular weight is 359 g/mol. The van der Waals surface area contributed by atoms with Crippen LogP contribution in [0.5, 0.6) is 0 Å². The molecule has 2 N–H and O–H groups in total. The molecule has 0 aliphatic heterocycles. The number of halogens is 3. The van der Waals surface area contributed by atoms with Gasteiger partial charge >= 0.3 is 12.1 Å². The van der Waals surface area contributed by atoms with Gasteiger partial charge in [-0.1, -0.05) is 30.3 Å². The lowest BCUT2D eigenvalue weighted by Gasteiger charge is -2.34. The number of aromatic nitrogens is 1. The standard InChI is InChI=1S/C15H16F3N3O2S/c1-23-12(22)14(15(16,17)18,21-13-19-9-10-24-13)20-8-7-11-5-3-2-4-6-11/h2-6,9-10,20H,7-8H2,1H3,(H,19,21)/t14-/m0/s1. The molecule has 24 heavy (non-hydrogen) atoms. The van der Waals surface area contributed by atoms with Crippen LogP contribution in [0, 0.1) is 0 Å². The molecule has 0 fully saturated rings. The van der Waals surface area contributed by atoms with Gasteiger partial charge in [-0.15, -0.1) is 11.3 Å². The molecule has 5 nitrogen and oxygen atoms in total. The zero-order valence-corrected chi connectivity index (χ0v) is 13.6. The summed E-state index contributed by atoms with van der Waals surface area (Å²) in [7, 11) is 0.908. The Bertz CT molecular complexity index is 650. The number of hydrogen-bond acceptors (Lipinski definition) is 6. The summed E-state index contributed by atoms with van der Waals surface area (Å²) >= 11 is 0.954. The number of carbonyl (C=O) groups excluding carboxylic acids is 1. The van der Waals surface area contributed by atoms with Gasteiger partial charge < -0.3 is 10.1 Å². The van der Waals surface area contributed by atoms with E-state index < -0.39 is 17.8 Å². The zero-order valence-electron chi connectivity index (χ0n) is 12.8. The van der Waals surface area contributed by atoms with E-state index in [-0.39, 0.29) is 11.7 Å². The van der Waals surface area contributed by atoms with Crippen molar-refractivity contribution in [3.8, 4) is 0 Å². The Morgan fingerprint density at radius 3 is 2.54 bits per heavy atom. The van der Waals surface area contributed by atoms with E-state index >= 15 is 0 Å².